The van der Waals surface area contributed by atoms with Gasteiger partial charge in [-0.2, -0.15) is 5.10 Å². The Morgan fingerprint density at radius 3 is 2.84 bits per heavy atom. The summed E-state index contributed by atoms with van der Waals surface area (Å²) in [6, 6.07) is 6.75. The van der Waals surface area contributed by atoms with Crippen LogP contribution >= 0.6 is 0 Å². The molecule has 0 spiro atoms. The molecule has 0 N–H and O–H groups in total. The van der Waals surface area contributed by atoms with E-state index in [0.717, 1.165) is 50.3 Å². The van der Waals surface area contributed by atoms with Gasteiger partial charge in [-0.15, -0.1) is 6.58 Å². The fourth-order valence-electron chi connectivity index (χ4n) is 3.29. The Morgan fingerprint density at radius 2 is 2.16 bits per heavy atom. The van der Waals surface area contributed by atoms with Crippen LogP contribution in [0.4, 0.5) is 4.39 Å². The highest BCUT2D eigenvalue weighted by molar-refractivity contribution is 5.18. The Bertz CT molecular complexity index is 689. The summed E-state index contributed by atoms with van der Waals surface area (Å²) in [6.07, 6.45) is 6.45. The Hall–Kier alpha value is -1.98. The van der Waals surface area contributed by atoms with E-state index in [1.807, 2.05) is 29.8 Å². The molecule has 1 aliphatic rings. The molecule has 1 fully saturated rings. The van der Waals surface area contributed by atoms with Crippen molar-refractivity contribution in [1.29, 1.82) is 0 Å². The van der Waals surface area contributed by atoms with E-state index in [0.29, 0.717) is 6.54 Å². The molecule has 4 nitrogen and oxygen atoms in total. The van der Waals surface area contributed by atoms with Gasteiger partial charge in [0.2, 0.25) is 0 Å². The first kappa shape index (κ1) is 17.8. The number of hydrogen-bond donors (Lipinski definition) is 0. The zero-order valence-corrected chi connectivity index (χ0v) is 14.8. The van der Waals surface area contributed by atoms with Gasteiger partial charge in [0, 0.05) is 38.0 Å². The summed E-state index contributed by atoms with van der Waals surface area (Å²) >= 11 is 0. The topological polar surface area (TPSA) is 30.3 Å². The fraction of sp³-hybridized carbons (Fsp3) is 0.450. The first-order valence-electron chi connectivity index (χ1n) is 8.86. The quantitative estimate of drug-likeness (QED) is 0.685. The van der Waals surface area contributed by atoms with Crippen LogP contribution in [-0.4, -0.2) is 33.9 Å². The van der Waals surface area contributed by atoms with Gasteiger partial charge in [0.25, 0.3) is 0 Å². The normalized spacial score (nSPS) is 17.3. The third-order valence-corrected chi connectivity index (χ3v) is 4.56. The summed E-state index contributed by atoms with van der Waals surface area (Å²) in [7, 11) is 0. The maximum absolute atomic E-state index is 13.2. The number of aromatic nitrogens is 2. The molecule has 134 valence electrons. The lowest BCUT2D eigenvalue weighted by atomic mass is 10.1. The molecule has 1 atom stereocenters. The minimum atomic E-state index is -0.198. The molecular weight excluding hydrogens is 317 g/mol. The van der Waals surface area contributed by atoms with Gasteiger partial charge in [-0.05, 0) is 37.5 Å². The van der Waals surface area contributed by atoms with E-state index >= 15 is 0 Å². The Morgan fingerprint density at radius 1 is 1.36 bits per heavy atom. The summed E-state index contributed by atoms with van der Waals surface area (Å²) in [5.74, 6) is -0.198. The summed E-state index contributed by atoms with van der Waals surface area (Å²) in [5, 5.41) is 4.54. The van der Waals surface area contributed by atoms with Crippen molar-refractivity contribution in [3.63, 3.8) is 0 Å². The van der Waals surface area contributed by atoms with Gasteiger partial charge in [-0.3, -0.25) is 9.58 Å². The first-order valence-corrected chi connectivity index (χ1v) is 8.86. The average molecular weight is 343 g/mol. The monoisotopic (exact) mass is 343 g/mol. The molecule has 0 amide bonds. The van der Waals surface area contributed by atoms with Crippen molar-refractivity contribution in [2.24, 2.45) is 0 Å². The molecule has 0 saturated carbocycles. The van der Waals surface area contributed by atoms with Gasteiger partial charge in [-0.1, -0.05) is 18.2 Å². The van der Waals surface area contributed by atoms with Crippen molar-refractivity contribution in [3.8, 4) is 0 Å². The standard InChI is InChI=1S/C20H26FN3O/c1-3-10-24-14-18(16(2)22-24)13-23(15-20-5-4-11-25-20)12-17-6-8-19(21)9-7-17/h3,6-9,14,20H,1,4-5,10-13,15H2,2H3. The van der Waals surface area contributed by atoms with E-state index in [4.69, 9.17) is 4.74 Å². The smallest absolute Gasteiger partial charge is 0.123 e. The molecule has 1 aliphatic heterocycles. The summed E-state index contributed by atoms with van der Waals surface area (Å²) in [5.41, 5.74) is 3.36. The SMILES string of the molecule is C=CCn1cc(CN(Cc2ccc(F)cc2)CC2CCCO2)c(C)n1. The lowest BCUT2D eigenvalue weighted by Crippen LogP contribution is -2.31. The van der Waals surface area contributed by atoms with Gasteiger partial charge in [-0.25, -0.2) is 4.39 Å². The number of ether oxygens (including phenoxy) is 1. The second-order valence-electron chi connectivity index (χ2n) is 6.68. The molecule has 5 heteroatoms. The molecule has 1 unspecified atom stereocenters. The van der Waals surface area contributed by atoms with Crippen LogP contribution in [-0.2, 0) is 24.4 Å². The molecular formula is C20H26FN3O. The number of rotatable bonds is 8. The maximum Gasteiger partial charge on any atom is 0.123 e. The Balaban J connectivity index is 1.72. The lowest BCUT2D eigenvalue weighted by Gasteiger charge is -2.25. The zero-order chi connectivity index (χ0) is 17.6. The van der Waals surface area contributed by atoms with Crippen LogP contribution in [0.2, 0.25) is 0 Å². The number of allylic oxidation sites excluding steroid dienone is 1. The molecule has 0 aliphatic carbocycles. The largest absolute Gasteiger partial charge is 0.377 e. The predicted molar refractivity (Wildman–Crippen MR) is 96.6 cm³/mol. The van der Waals surface area contributed by atoms with E-state index in [-0.39, 0.29) is 11.9 Å². The summed E-state index contributed by atoms with van der Waals surface area (Å²) < 4.78 is 20.9. The average Bonchev–Trinajstić information content (AvgIpc) is 3.20. The number of benzene rings is 1. The van der Waals surface area contributed by atoms with Gasteiger partial charge in [0.1, 0.15) is 5.82 Å². The van der Waals surface area contributed by atoms with Crippen molar-refractivity contribution in [3.05, 3.63) is 65.8 Å². The van der Waals surface area contributed by atoms with E-state index < -0.39 is 0 Å². The van der Waals surface area contributed by atoms with E-state index in [1.54, 1.807) is 0 Å². The van der Waals surface area contributed by atoms with Crippen LogP contribution < -0.4 is 0 Å². The number of aryl methyl sites for hydroxylation is 1. The van der Waals surface area contributed by atoms with Gasteiger partial charge in [0.15, 0.2) is 0 Å². The Labute approximate surface area is 148 Å². The van der Waals surface area contributed by atoms with Crippen LogP contribution in [0.3, 0.4) is 0 Å². The molecule has 0 radical (unpaired) electrons. The molecule has 0 bridgehead atoms. The second-order valence-corrected chi connectivity index (χ2v) is 6.68. The predicted octanol–water partition coefficient (Wildman–Crippen LogP) is 3.70. The highest BCUT2D eigenvalue weighted by Crippen LogP contribution is 2.18. The van der Waals surface area contributed by atoms with Crippen molar-refractivity contribution in [2.45, 2.75) is 45.5 Å². The zero-order valence-electron chi connectivity index (χ0n) is 14.8. The van der Waals surface area contributed by atoms with Gasteiger partial charge < -0.3 is 4.74 Å². The third-order valence-electron chi connectivity index (χ3n) is 4.56. The van der Waals surface area contributed by atoms with Crippen molar-refractivity contribution >= 4 is 0 Å². The van der Waals surface area contributed by atoms with Crippen LogP contribution in [0.15, 0.2) is 43.1 Å². The van der Waals surface area contributed by atoms with Crippen LogP contribution in [0.25, 0.3) is 0 Å². The van der Waals surface area contributed by atoms with E-state index in [9.17, 15) is 4.39 Å². The summed E-state index contributed by atoms with van der Waals surface area (Å²) in [4.78, 5) is 2.37. The molecule has 25 heavy (non-hydrogen) atoms. The second kappa shape index (κ2) is 8.41. The minimum Gasteiger partial charge on any atom is -0.377 e. The highest BCUT2D eigenvalue weighted by atomic mass is 19.1. The molecule has 2 heterocycles. The Kier molecular flexibility index (Phi) is 6.00. The number of nitrogens with zero attached hydrogens (tertiary/aromatic N) is 3. The number of halogens is 1. The van der Waals surface area contributed by atoms with Gasteiger partial charge in [0.05, 0.1) is 18.3 Å². The van der Waals surface area contributed by atoms with E-state index in [1.165, 1.54) is 17.7 Å². The van der Waals surface area contributed by atoms with Gasteiger partial charge >= 0.3 is 0 Å². The first-order chi connectivity index (χ1) is 12.1. The molecule has 3 rings (SSSR count). The minimum absolute atomic E-state index is 0.198. The van der Waals surface area contributed by atoms with Crippen molar-refractivity contribution < 1.29 is 9.13 Å². The van der Waals surface area contributed by atoms with Crippen LogP contribution in [0.5, 0.6) is 0 Å². The van der Waals surface area contributed by atoms with Crippen LogP contribution in [0.1, 0.15) is 29.7 Å². The highest BCUT2D eigenvalue weighted by Gasteiger charge is 2.20. The lowest BCUT2D eigenvalue weighted by molar-refractivity contribution is 0.0678. The third kappa shape index (κ3) is 5.00. The number of hydrogen-bond acceptors (Lipinski definition) is 3. The fourth-order valence-corrected chi connectivity index (χ4v) is 3.29. The van der Waals surface area contributed by atoms with Crippen molar-refractivity contribution in [2.75, 3.05) is 13.2 Å². The van der Waals surface area contributed by atoms with E-state index in [2.05, 4.69) is 22.8 Å². The summed E-state index contributed by atoms with van der Waals surface area (Å²) in [6.45, 7) is 9.83. The molecule has 1 aromatic carbocycles. The molecule has 1 aromatic heterocycles. The maximum atomic E-state index is 13.2. The van der Waals surface area contributed by atoms with Crippen LogP contribution in [0, 0.1) is 12.7 Å². The molecule has 1 saturated heterocycles. The molecule has 2 aromatic rings. The van der Waals surface area contributed by atoms with Crippen molar-refractivity contribution in [1.82, 2.24) is 14.7 Å².